The van der Waals surface area contributed by atoms with Crippen LogP contribution in [0.3, 0.4) is 0 Å². The maximum Gasteiger partial charge on any atom is 0.418 e. The number of anilines is 3. The van der Waals surface area contributed by atoms with Gasteiger partial charge in [-0.3, -0.25) is 0 Å². The molecule has 2 unspecified atom stereocenters. The predicted octanol–water partition coefficient (Wildman–Crippen LogP) is 5.05. The van der Waals surface area contributed by atoms with Crippen LogP contribution in [-0.4, -0.2) is 31.2 Å². The van der Waals surface area contributed by atoms with Crippen LogP contribution in [0.25, 0.3) is 0 Å². The molecule has 2 N–H and O–H groups in total. The van der Waals surface area contributed by atoms with E-state index < -0.39 is 11.7 Å². The van der Waals surface area contributed by atoms with Crippen LogP contribution in [0, 0.1) is 0 Å². The molecule has 1 aromatic carbocycles. The van der Waals surface area contributed by atoms with E-state index in [9.17, 15) is 13.2 Å². The van der Waals surface area contributed by atoms with Crippen molar-refractivity contribution in [2.45, 2.75) is 24.6 Å². The van der Waals surface area contributed by atoms with Gasteiger partial charge in [-0.1, -0.05) is 23.2 Å². The number of halogens is 5. The number of fused-ring (bicyclic) bond motifs is 3. The topological polar surface area (TPSA) is 40.2 Å². The molecule has 27 heavy (non-hydrogen) atoms. The standard InChI is InChI=1S/C18H17Cl2F3N4/c1-27-14-4-5-24-8-11(14)10-6-9(7-12(16(10)27)18(21,22)23)25-13-2-3-15(19)26-17(13)20/h2-3,6-7,11,14,24-25H,4-5,8H2,1H3. The fourth-order valence-corrected chi connectivity index (χ4v) is 4.47. The largest absolute Gasteiger partial charge is 0.418 e. The maximum atomic E-state index is 13.8. The summed E-state index contributed by atoms with van der Waals surface area (Å²) in [7, 11) is 1.75. The van der Waals surface area contributed by atoms with E-state index in [0.717, 1.165) is 19.0 Å². The molecule has 2 atom stereocenters. The highest BCUT2D eigenvalue weighted by atomic mass is 35.5. The second-order valence-electron chi connectivity index (χ2n) is 6.83. The number of piperidine rings is 1. The Kier molecular flexibility index (Phi) is 4.64. The molecule has 4 nitrogen and oxygen atoms in total. The molecule has 0 aliphatic carbocycles. The molecular weight excluding hydrogens is 400 g/mol. The lowest BCUT2D eigenvalue weighted by Gasteiger charge is -2.31. The first-order valence-electron chi connectivity index (χ1n) is 8.53. The predicted molar refractivity (Wildman–Crippen MR) is 101 cm³/mol. The Bertz CT molecular complexity index is 888. The number of hydrogen-bond donors (Lipinski definition) is 2. The minimum absolute atomic E-state index is 0.0143. The molecule has 1 aromatic heterocycles. The fraction of sp³-hybridized carbons (Fsp3) is 0.389. The lowest BCUT2D eigenvalue weighted by molar-refractivity contribution is -0.137. The van der Waals surface area contributed by atoms with Crippen LogP contribution in [-0.2, 0) is 6.18 Å². The molecule has 1 fully saturated rings. The van der Waals surface area contributed by atoms with E-state index in [1.807, 2.05) is 0 Å². The molecule has 2 aliphatic heterocycles. The molecular formula is C18H17Cl2F3N4. The summed E-state index contributed by atoms with van der Waals surface area (Å²) in [6.07, 6.45) is -3.65. The van der Waals surface area contributed by atoms with Crippen molar-refractivity contribution in [2.24, 2.45) is 0 Å². The Balaban J connectivity index is 1.81. The fourth-order valence-electron chi connectivity index (χ4n) is 4.07. The van der Waals surface area contributed by atoms with Crippen molar-refractivity contribution in [3.8, 4) is 0 Å². The van der Waals surface area contributed by atoms with E-state index in [0.29, 0.717) is 23.5 Å². The van der Waals surface area contributed by atoms with Crippen LogP contribution < -0.4 is 15.5 Å². The maximum absolute atomic E-state index is 13.8. The molecule has 144 valence electrons. The van der Waals surface area contributed by atoms with Crippen LogP contribution in [0.5, 0.6) is 0 Å². The van der Waals surface area contributed by atoms with Crippen LogP contribution in [0.4, 0.5) is 30.2 Å². The Morgan fingerprint density at radius 2 is 2.04 bits per heavy atom. The molecule has 2 aromatic rings. The summed E-state index contributed by atoms with van der Waals surface area (Å²) >= 11 is 11.9. The van der Waals surface area contributed by atoms with Gasteiger partial charge in [-0.15, -0.1) is 0 Å². The van der Waals surface area contributed by atoms with E-state index >= 15 is 0 Å². The van der Waals surface area contributed by atoms with Gasteiger partial charge < -0.3 is 15.5 Å². The van der Waals surface area contributed by atoms with Gasteiger partial charge in [-0.2, -0.15) is 13.2 Å². The monoisotopic (exact) mass is 416 g/mol. The molecule has 0 bridgehead atoms. The van der Waals surface area contributed by atoms with Gasteiger partial charge in [0.25, 0.3) is 0 Å². The molecule has 4 rings (SSSR count). The minimum atomic E-state index is -4.46. The number of benzene rings is 1. The quantitative estimate of drug-likeness (QED) is 0.672. The lowest BCUT2D eigenvalue weighted by Crippen LogP contribution is -2.42. The summed E-state index contributed by atoms with van der Waals surface area (Å²) in [6, 6.07) is 6.10. The number of hydrogen-bond acceptors (Lipinski definition) is 4. The highest BCUT2D eigenvalue weighted by Gasteiger charge is 2.45. The lowest BCUT2D eigenvalue weighted by atomic mass is 9.89. The summed E-state index contributed by atoms with van der Waals surface area (Å²) in [5.74, 6) is 0.0143. The molecule has 0 spiro atoms. The van der Waals surface area contributed by atoms with Crippen LogP contribution in [0.2, 0.25) is 10.3 Å². The zero-order valence-electron chi connectivity index (χ0n) is 14.4. The Hall–Kier alpha value is -1.70. The van der Waals surface area contributed by atoms with Gasteiger partial charge in [0.2, 0.25) is 0 Å². The number of nitrogens with one attached hydrogen (secondary N) is 2. The normalized spacial score (nSPS) is 21.8. The summed E-state index contributed by atoms with van der Waals surface area (Å²) in [6.45, 7) is 1.46. The van der Waals surface area contributed by atoms with Gasteiger partial charge in [-0.25, -0.2) is 4.98 Å². The average Bonchev–Trinajstić information content (AvgIpc) is 2.89. The molecule has 0 saturated carbocycles. The summed E-state index contributed by atoms with van der Waals surface area (Å²) in [5.41, 5.74) is 1.06. The van der Waals surface area contributed by atoms with E-state index in [1.165, 1.54) is 6.07 Å². The van der Waals surface area contributed by atoms with Gasteiger partial charge in [0.1, 0.15) is 5.15 Å². The first-order chi connectivity index (χ1) is 12.8. The Morgan fingerprint density at radius 3 is 2.74 bits per heavy atom. The third-order valence-electron chi connectivity index (χ3n) is 5.23. The van der Waals surface area contributed by atoms with E-state index in [4.69, 9.17) is 23.2 Å². The SMILES string of the molecule is CN1c2c(cc(Nc3ccc(Cl)nc3Cl)cc2C(F)(F)F)C2CNCCC21. The van der Waals surface area contributed by atoms with Crippen molar-refractivity contribution >= 4 is 40.3 Å². The zero-order valence-corrected chi connectivity index (χ0v) is 15.9. The molecule has 0 amide bonds. The minimum Gasteiger partial charge on any atom is -0.370 e. The molecule has 2 aliphatic rings. The van der Waals surface area contributed by atoms with Crippen molar-refractivity contribution in [3.05, 3.63) is 45.7 Å². The van der Waals surface area contributed by atoms with Crippen molar-refractivity contribution in [1.82, 2.24) is 10.3 Å². The second-order valence-corrected chi connectivity index (χ2v) is 7.58. The number of likely N-dealkylation sites (N-methyl/N-ethyl adjacent to an activating group) is 1. The first kappa shape index (κ1) is 18.7. The third-order valence-corrected chi connectivity index (χ3v) is 5.73. The summed E-state index contributed by atoms with van der Waals surface area (Å²) in [5, 5.41) is 6.56. The van der Waals surface area contributed by atoms with Crippen molar-refractivity contribution in [2.75, 3.05) is 30.4 Å². The number of nitrogens with zero attached hydrogens (tertiary/aromatic N) is 2. The van der Waals surface area contributed by atoms with E-state index in [2.05, 4.69) is 15.6 Å². The van der Waals surface area contributed by atoms with E-state index in [1.54, 1.807) is 24.1 Å². The highest BCUT2D eigenvalue weighted by Crippen LogP contribution is 2.50. The Labute approximate surface area is 164 Å². The van der Waals surface area contributed by atoms with Crippen molar-refractivity contribution < 1.29 is 13.2 Å². The summed E-state index contributed by atoms with van der Waals surface area (Å²) < 4.78 is 41.5. The van der Waals surface area contributed by atoms with Crippen molar-refractivity contribution in [3.63, 3.8) is 0 Å². The van der Waals surface area contributed by atoms with Crippen LogP contribution in [0.15, 0.2) is 24.3 Å². The number of pyridine rings is 1. The van der Waals surface area contributed by atoms with Gasteiger partial charge in [0.05, 0.1) is 16.9 Å². The third kappa shape index (κ3) is 3.32. The molecule has 3 heterocycles. The van der Waals surface area contributed by atoms with Gasteiger partial charge in [0.15, 0.2) is 5.15 Å². The van der Waals surface area contributed by atoms with Crippen LogP contribution >= 0.6 is 23.2 Å². The summed E-state index contributed by atoms with van der Waals surface area (Å²) in [4.78, 5) is 5.70. The van der Waals surface area contributed by atoms with Gasteiger partial charge in [-0.05, 0) is 42.8 Å². The molecule has 0 radical (unpaired) electrons. The highest BCUT2D eigenvalue weighted by molar-refractivity contribution is 6.34. The Morgan fingerprint density at radius 1 is 1.26 bits per heavy atom. The number of aromatic nitrogens is 1. The number of rotatable bonds is 2. The second kappa shape index (κ2) is 6.72. The smallest absolute Gasteiger partial charge is 0.370 e. The van der Waals surface area contributed by atoms with Crippen molar-refractivity contribution in [1.29, 1.82) is 0 Å². The van der Waals surface area contributed by atoms with Gasteiger partial charge >= 0.3 is 6.18 Å². The van der Waals surface area contributed by atoms with Crippen LogP contribution in [0.1, 0.15) is 23.5 Å². The molecule has 1 saturated heterocycles. The zero-order chi connectivity index (χ0) is 19.3. The first-order valence-corrected chi connectivity index (χ1v) is 9.29. The number of alkyl halides is 3. The van der Waals surface area contributed by atoms with Gasteiger partial charge in [0, 0.05) is 31.2 Å². The van der Waals surface area contributed by atoms with E-state index in [-0.39, 0.29) is 28.0 Å². The molecule has 9 heteroatoms. The average molecular weight is 417 g/mol.